The molecule has 0 bridgehead atoms. The van der Waals surface area contributed by atoms with Crippen LogP contribution < -0.4 is 15.2 Å². The lowest BCUT2D eigenvalue weighted by Gasteiger charge is -2.08. The molecule has 4 nitrogen and oxygen atoms in total. The number of primary amides is 1. The zero-order valence-corrected chi connectivity index (χ0v) is 10.0. The van der Waals surface area contributed by atoms with Crippen molar-refractivity contribution in [1.82, 2.24) is 0 Å². The van der Waals surface area contributed by atoms with Gasteiger partial charge in [0.15, 0.2) is 11.5 Å². The number of ether oxygens (including phenoxy) is 2. The van der Waals surface area contributed by atoms with Gasteiger partial charge < -0.3 is 15.2 Å². The van der Waals surface area contributed by atoms with Crippen LogP contribution in [0.4, 0.5) is 0 Å². The molecule has 0 fully saturated rings. The Labute approximate surface area is 96.4 Å². The zero-order valence-electron chi connectivity index (χ0n) is 10.0. The molecule has 0 aliphatic carbocycles. The number of benzene rings is 1. The van der Waals surface area contributed by atoms with E-state index in [1.54, 1.807) is 14.2 Å². The van der Waals surface area contributed by atoms with E-state index in [1.807, 2.05) is 12.1 Å². The van der Waals surface area contributed by atoms with Crippen LogP contribution in [0.1, 0.15) is 18.9 Å². The SMILES string of the molecule is CCCc1ccc(OC)c(OC)c1.NC=O. The molecule has 16 heavy (non-hydrogen) atoms. The molecule has 0 spiro atoms. The van der Waals surface area contributed by atoms with Gasteiger partial charge >= 0.3 is 0 Å². The van der Waals surface area contributed by atoms with Gasteiger partial charge in [-0.05, 0) is 24.1 Å². The van der Waals surface area contributed by atoms with E-state index in [1.165, 1.54) is 5.56 Å². The number of methoxy groups -OCH3 is 2. The predicted molar refractivity (Wildman–Crippen MR) is 63.8 cm³/mol. The molecular weight excluding hydrogens is 206 g/mol. The van der Waals surface area contributed by atoms with E-state index in [4.69, 9.17) is 14.3 Å². The number of amides is 1. The molecule has 1 amide bonds. The van der Waals surface area contributed by atoms with Gasteiger partial charge in [0.05, 0.1) is 14.2 Å². The van der Waals surface area contributed by atoms with Crippen LogP contribution in [0.5, 0.6) is 11.5 Å². The van der Waals surface area contributed by atoms with Crippen LogP contribution >= 0.6 is 0 Å². The highest BCUT2D eigenvalue weighted by Gasteiger charge is 2.03. The van der Waals surface area contributed by atoms with Gasteiger partial charge in [-0.3, -0.25) is 4.79 Å². The van der Waals surface area contributed by atoms with Gasteiger partial charge in [-0.25, -0.2) is 0 Å². The molecule has 90 valence electrons. The molecule has 0 unspecified atom stereocenters. The van der Waals surface area contributed by atoms with Crippen LogP contribution in [0.2, 0.25) is 0 Å². The van der Waals surface area contributed by atoms with Crippen LogP contribution in [0, 0.1) is 0 Å². The molecular formula is C12H19NO3. The molecule has 1 aromatic carbocycles. The predicted octanol–water partition coefficient (Wildman–Crippen LogP) is 1.76. The van der Waals surface area contributed by atoms with Crippen LogP contribution in [0.3, 0.4) is 0 Å². The zero-order chi connectivity index (χ0) is 12.4. The van der Waals surface area contributed by atoms with Crippen LogP contribution in [-0.4, -0.2) is 20.6 Å². The third kappa shape index (κ3) is 4.68. The van der Waals surface area contributed by atoms with Crippen LogP contribution in [0.25, 0.3) is 0 Å². The van der Waals surface area contributed by atoms with Crippen molar-refractivity contribution in [2.75, 3.05) is 14.2 Å². The second-order valence-corrected chi connectivity index (χ2v) is 3.08. The fourth-order valence-electron chi connectivity index (χ4n) is 1.32. The summed E-state index contributed by atoms with van der Waals surface area (Å²) in [5, 5.41) is 0. The van der Waals surface area contributed by atoms with Gasteiger partial charge in [-0.15, -0.1) is 0 Å². The average Bonchev–Trinajstić information content (AvgIpc) is 2.30. The number of carbonyl (C=O) groups excluding carboxylic acids is 1. The van der Waals surface area contributed by atoms with Gasteiger partial charge in [0, 0.05) is 0 Å². The first kappa shape index (κ1) is 14.3. The van der Waals surface area contributed by atoms with Gasteiger partial charge in [0.1, 0.15) is 0 Å². The third-order valence-corrected chi connectivity index (χ3v) is 1.99. The monoisotopic (exact) mass is 225 g/mol. The molecule has 0 saturated carbocycles. The normalized spacial score (nSPS) is 8.69. The number of rotatable bonds is 4. The topological polar surface area (TPSA) is 61.6 Å². The van der Waals surface area contributed by atoms with Crippen molar-refractivity contribution in [2.24, 2.45) is 5.73 Å². The van der Waals surface area contributed by atoms with Crippen LogP contribution in [0.15, 0.2) is 18.2 Å². The maximum Gasteiger partial charge on any atom is 0.204 e. The van der Waals surface area contributed by atoms with E-state index in [9.17, 15) is 0 Å². The van der Waals surface area contributed by atoms with E-state index in [2.05, 4.69) is 18.7 Å². The summed E-state index contributed by atoms with van der Waals surface area (Å²) in [4.78, 5) is 8.58. The Morgan fingerprint density at radius 2 is 1.81 bits per heavy atom. The molecule has 0 aliphatic heterocycles. The Morgan fingerprint density at radius 1 is 1.25 bits per heavy atom. The number of hydrogen-bond acceptors (Lipinski definition) is 3. The summed E-state index contributed by atoms with van der Waals surface area (Å²) in [6.45, 7) is 2.16. The standard InChI is InChI=1S/C11H16O2.CH3NO/c1-4-5-9-6-7-10(12-2)11(8-9)13-3;2-1-3/h6-8H,4-5H2,1-3H3;1H,(H2,2,3). The van der Waals surface area contributed by atoms with Gasteiger partial charge in [0.25, 0.3) is 0 Å². The molecule has 0 atom stereocenters. The average molecular weight is 225 g/mol. The van der Waals surface area contributed by atoms with Gasteiger partial charge in [0.2, 0.25) is 6.41 Å². The maximum absolute atomic E-state index is 8.58. The van der Waals surface area contributed by atoms with Crippen molar-refractivity contribution in [3.8, 4) is 11.5 Å². The minimum Gasteiger partial charge on any atom is -0.493 e. The molecule has 0 saturated heterocycles. The van der Waals surface area contributed by atoms with Gasteiger partial charge in [-0.1, -0.05) is 19.4 Å². The summed E-state index contributed by atoms with van der Waals surface area (Å²) in [7, 11) is 3.31. The molecule has 0 radical (unpaired) electrons. The largest absolute Gasteiger partial charge is 0.493 e. The van der Waals surface area contributed by atoms with Crippen molar-refractivity contribution < 1.29 is 14.3 Å². The summed E-state index contributed by atoms with van der Waals surface area (Å²) in [6.07, 6.45) is 2.48. The second-order valence-electron chi connectivity index (χ2n) is 3.08. The molecule has 0 aliphatic rings. The summed E-state index contributed by atoms with van der Waals surface area (Å²) < 4.78 is 10.3. The van der Waals surface area contributed by atoms with Crippen molar-refractivity contribution >= 4 is 6.41 Å². The van der Waals surface area contributed by atoms with Crippen molar-refractivity contribution in [1.29, 1.82) is 0 Å². The highest BCUT2D eigenvalue weighted by molar-refractivity contribution is 5.43. The Balaban J connectivity index is 0.000000673. The second kappa shape index (κ2) is 8.59. The van der Waals surface area contributed by atoms with E-state index >= 15 is 0 Å². The highest BCUT2D eigenvalue weighted by Crippen LogP contribution is 2.27. The third-order valence-electron chi connectivity index (χ3n) is 1.99. The Bertz CT molecular complexity index is 313. The van der Waals surface area contributed by atoms with Gasteiger partial charge in [-0.2, -0.15) is 0 Å². The number of nitrogens with two attached hydrogens (primary N) is 1. The smallest absolute Gasteiger partial charge is 0.204 e. The number of hydrogen-bond donors (Lipinski definition) is 1. The summed E-state index contributed by atoms with van der Waals surface area (Å²) in [5.74, 6) is 1.61. The molecule has 1 rings (SSSR count). The summed E-state index contributed by atoms with van der Waals surface area (Å²) >= 11 is 0. The Morgan fingerprint density at radius 3 is 2.25 bits per heavy atom. The number of carbonyl (C=O) groups is 1. The van der Waals surface area contributed by atoms with E-state index in [-0.39, 0.29) is 6.41 Å². The van der Waals surface area contributed by atoms with E-state index < -0.39 is 0 Å². The first-order chi connectivity index (χ1) is 7.73. The highest BCUT2D eigenvalue weighted by atomic mass is 16.5. The molecule has 0 aromatic heterocycles. The summed E-state index contributed by atoms with van der Waals surface area (Å²) in [5.41, 5.74) is 5.46. The van der Waals surface area contributed by atoms with E-state index in [0.717, 1.165) is 24.3 Å². The lowest BCUT2D eigenvalue weighted by atomic mass is 10.1. The number of aryl methyl sites for hydroxylation is 1. The molecule has 4 heteroatoms. The molecule has 1 aromatic rings. The van der Waals surface area contributed by atoms with Crippen molar-refractivity contribution in [2.45, 2.75) is 19.8 Å². The first-order valence-corrected chi connectivity index (χ1v) is 5.09. The Kier molecular flexibility index (Phi) is 7.67. The fourth-order valence-corrected chi connectivity index (χ4v) is 1.32. The summed E-state index contributed by atoms with van der Waals surface area (Å²) in [6, 6.07) is 6.05. The lowest BCUT2D eigenvalue weighted by Crippen LogP contribution is -1.92. The van der Waals surface area contributed by atoms with Crippen molar-refractivity contribution in [3.63, 3.8) is 0 Å². The Hall–Kier alpha value is -1.71. The quantitative estimate of drug-likeness (QED) is 0.794. The van der Waals surface area contributed by atoms with Crippen molar-refractivity contribution in [3.05, 3.63) is 23.8 Å². The lowest BCUT2D eigenvalue weighted by molar-refractivity contribution is -0.106. The minimum atomic E-state index is 0.250. The minimum absolute atomic E-state index is 0.250. The first-order valence-electron chi connectivity index (χ1n) is 5.09. The van der Waals surface area contributed by atoms with E-state index in [0.29, 0.717) is 0 Å². The van der Waals surface area contributed by atoms with Crippen LogP contribution in [-0.2, 0) is 11.2 Å². The maximum atomic E-state index is 8.58. The molecule has 2 N–H and O–H groups in total. The molecule has 0 heterocycles. The fraction of sp³-hybridized carbons (Fsp3) is 0.417.